The van der Waals surface area contributed by atoms with Crippen LogP contribution in [-0.4, -0.2) is 38.9 Å². The first kappa shape index (κ1) is 38.5. The Morgan fingerprint density at radius 3 is 1.57 bits per heavy atom. The van der Waals surface area contributed by atoms with Gasteiger partial charge in [0.25, 0.3) is 0 Å². The highest BCUT2D eigenvalue weighted by atomic mass is 16.3. The monoisotopic (exact) mass is 598 g/mol. The second-order valence-corrected chi connectivity index (χ2v) is 12.8. The fraction of sp³-hybridized carbons (Fsp3) is 0.375. The van der Waals surface area contributed by atoms with Gasteiger partial charge in [0.2, 0.25) is 0 Å². The van der Waals surface area contributed by atoms with E-state index in [1.807, 2.05) is 87.6 Å². The second-order valence-electron chi connectivity index (χ2n) is 12.8. The molecule has 0 aromatic rings. The molecule has 1 aliphatic rings. The zero-order chi connectivity index (χ0) is 33.5. The van der Waals surface area contributed by atoms with Gasteiger partial charge in [-0.1, -0.05) is 145 Å². The van der Waals surface area contributed by atoms with E-state index in [0.29, 0.717) is 12.0 Å². The lowest BCUT2D eigenvalue weighted by molar-refractivity contribution is -0.125. The van der Waals surface area contributed by atoms with Crippen molar-refractivity contribution in [2.24, 2.45) is 5.41 Å². The molecule has 0 amide bonds. The third-order valence-electron chi connectivity index (χ3n) is 7.27. The van der Waals surface area contributed by atoms with Crippen LogP contribution in [0.2, 0.25) is 0 Å². The summed E-state index contributed by atoms with van der Waals surface area (Å²) in [6.07, 6.45) is 32.4. The molecule has 238 valence electrons. The normalized spacial score (nSPS) is 21.2. The lowest BCUT2D eigenvalue weighted by atomic mass is 9.71. The van der Waals surface area contributed by atoms with Gasteiger partial charge < -0.3 is 15.3 Å². The van der Waals surface area contributed by atoms with Crippen molar-refractivity contribution in [1.29, 1.82) is 0 Å². The maximum atomic E-state index is 12.2. The molecule has 0 aliphatic heterocycles. The zero-order valence-electron chi connectivity index (χ0n) is 28.4. The Kier molecular flexibility index (Phi) is 16.0. The van der Waals surface area contributed by atoms with Gasteiger partial charge in [0.1, 0.15) is 12.2 Å². The molecular weight excluding hydrogens is 544 g/mol. The number of allylic oxidation sites excluding steroid dienone is 22. The maximum absolute atomic E-state index is 12.2. The molecule has 0 heterocycles. The third kappa shape index (κ3) is 14.7. The highest BCUT2D eigenvalue weighted by Gasteiger charge is 2.36. The number of aliphatic hydroxyl groups is 3. The summed E-state index contributed by atoms with van der Waals surface area (Å²) in [5.74, 6) is -0.173. The van der Waals surface area contributed by atoms with Gasteiger partial charge in [-0.3, -0.25) is 4.79 Å². The molecule has 0 saturated carbocycles. The van der Waals surface area contributed by atoms with Crippen molar-refractivity contribution in [1.82, 2.24) is 0 Å². The van der Waals surface area contributed by atoms with Gasteiger partial charge >= 0.3 is 0 Å². The van der Waals surface area contributed by atoms with Crippen molar-refractivity contribution in [2.45, 2.75) is 93.5 Å². The topological polar surface area (TPSA) is 77.8 Å². The highest BCUT2D eigenvalue weighted by molar-refractivity contribution is 6.00. The summed E-state index contributed by atoms with van der Waals surface area (Å²) in [6, 6.07) is 0. The predicted molar refractivity (Wildman–Crippen MR) is 188 cm³/mol. The summed E-state index contributed by atoms with van der Waals surface area (Å²) in [5, 5.41) is 29.7. The second kappa shape index (κ2) is 18.3. The van der Waals surface area contributed by atoms with E-state index >= 15 is 0 Å². The Bertz CT molecular complexity index is 1370. The summed E-state index contributed by atoms with van der Waals surface area (Å²) in [7, 11) is 0. The van der Waals surface area contributed by atoms with Crippen molar-refractivity contribution < 1.29 is 20.1 Å². The molecule has 0 bridgehead atoms. The maximum Gasteiger partial charge on any atom is 0.187 e. The summed E-state index contributed by atoms with van der Waals surface area (Å²) in [6.45, 7) is 19.2. The number of hydrogen-bond acceptors (Lipinski definition) is 4. The number of carbonyl (C=O) groups excluding carboxylic acids is 1. The van der Waals surface area contributed by atoms with E-state index < -0.39 is 17.8 Å². The number of ketones is 1. The predicted octanol–water partition coefficient (Wildman–Crippen LogP) is 8.86. The Morgan fingerprint density at radius 1 is 0.750 bits per heavy atom. The van der Waals surface area contributed by atoms with E-state index in [-0.39, 0.29) is 11.2 Å². The average molecular weight is 599 g/mol. The Balaban J connectivity index is 2.67. The molecule has 2 atom stereocenters. The van der Waals surface area contributed by atoms with Crippen LogP contribution < -0.4 is 0 Å². The summed E-state index contributed by atoms with van der Waals surface area (Å²) < 4.78 is 0. The number of hydrogen-bond donors (Lipinski definition) is 3. The Labute approximate surface area is 266 Å². The van der Waals surface area contributed by atoms with Crippen molar-refractivity contribution in [2.75, 3.05) is 0 Å². The van der Waals surface area contributed by atoms with Gasteiger partial charge in [-0.05, 0) is 78.4 Å². The fourth-order valence-electron chi connectivity index (χ4n) is 4.37. The van der Waals surface area contributed by atoms with Crippen molar-refractivity contribution in [3.63, 3.8) is 0 Å². The third-order valence-corrected chi connectivity index (χ3v) is 7.27. The van der Waals surface area contributed by atoms with Crippen molar-refractivity contribution >= 4 is 5.78 Å². The smallest absolute Gasteiger partial charge is 0.187 e. The first-order valence-corrected chi connectivity index (χ1v) is 15.2. The van der Waals surface area contributed by atoms with Crippen LogP contribution in [0.5, 0.6) is 0 Å². The number of carbonyl (C=O) groups is 1. The van der Waals surface area contributed by atoms with Crippen LogP contribution in [0.1, 0.15) is 75.7 Å². The van der Waals surface area contributed by atoms with Crippen molar-refractivity contribution in [3.05, 3.63) is 142 Å². The highest BCUT2D eigenvalue weighted by Crippen LogP contribution is 2.39. The lowest BCUT2D eigenvalue weighted by Crippen LogP contribution is -2.35. The van der Waals surface area contributed by atoms with Crippen LogP contribution in [-0.2, 0) is 4.79 Å². The van der Waals surface area contributed by atoms with Gasteiger partial charge in [0, 0.05) is 0 Å². The molecule has 0 fully saturated rings. The van der Waals surface area contributed by atoms with Crippen LogP contribution in [0.3, 0.4) is 0 Å². The van der Waals surface area contributed by atoms with E-state index in [9.17, 15) is 20.1 Å². The van der Waals surface area contributed by atoms with Gasteiger partial charge in [-0.15, -0.1) is 0 Å². The van der Waals surface area contributed by atoms with E-state index in [1.165, 1.54) is 0 Å². The number of rotatable bonds is 13. The molecule has 0 aromatic heterocycles. The Morgan fingerprint density at radius 2 is 1.14 bits per heavy atom. The molecule has 1 rings (SSSR count). The van der Waals surface area contributed by atoms with Gasteiger partial charge in [0.15, 0.2) is 5.78 Å². The van der Waals surface area contributed by atoms with E-state index in [0.717, 1.165) is 33.4 Å². The van der Waals surface area contributed by atoms with Crippen LogP contribution in [0, 0.1) is 5.41 Å². The molecule has 0 radical (unpaired) electrons. The molecule has 0 saturated heterocycles. The number of aliphatic hydroxyl groups excluding tert-OH is 2. The molecule has 44 heavy (non-hydrogen) atoms. The number of Topliss-reactive ketones (excluding diaryl/α,β-unsaturated/α-hetero) is 1. The molecule has 0 spiro atoms. The van der Waals surface area contributed by atoms with Gasteiger partial charge in [-0.25, -0.2) is 0 Å². The minimum Gasteiger partial charge on any atom is -0.387 e. The van der Waals surface area contributed by atoms with Crippen molar-refractivity contribution in [3.8, 4) is 0 Å². The van der Waals surface area contributed by atoms with Gasteiger partial charge in [0.05, 0.1) is 5.60 Å². The largest absolute Gasteiger partial charge is 0.387 e. The lowest BCUT2D eigenvalue weighted by Gasteiger charge is -2.34. The van der Waals surface area contributed by atoms with Crippen LogP contribution in [0.15, 0.2) is 142 Å². The standard InChI is InChI=1S/C40H54O4/c1-29(18-13-20-31(3)21-15-23-33(5)25-27-37(42)40(9,10)44)16-11-12-17-30(2)19-14-22-32(4)24-26-35-34(6)38(43)36(41)28-39(35,7)8/h11-27,36-37,41-42,44H,28H2,1-10H3/b12-11+,18-13?,19-14+,21-15?,26-24+,27-25?,29-16?,30-17+,31-20?,32-22+,33-23?. The summed E-state index contributed by atoms with van der Waals surface area (Å²) in [4.78, 5) is 12.2. The minimum atomic E-state index is -1.16. The quantitative estimate of drug-likeness (QED) is 0.185. The molecule has 1 aliphatic carbocycles. The van der Waals surface area contributed by atoms with Gasteiger partial charge in [-0.2, -0.15) is 0 Å². The van der Waals surface area contributed by atoms with E-state index in [1.54, 1.807) is 32.9 Å². The Hall–Kier alpha value is -3.57. The molecule has 3 N–H and O–H groups in total. The fourth-order valence-corrected chi connectivity index (χ4v) is 4.37. The average Bonchev–Trinajstić information content (AvgIpc) is 2.91. The summed E-state index contributed by atoms with van der Waals surface area (Å²) in [5.41, 5.74) is 5.66. The molecule has 4 heteroatoms. The first-order chi connectivity index (χ1) is 20.4. The zero-order valence-corrected chi connectivity index (χ0v) is 28.4. The minimum absolute atomic E-state index is 0.173. The molecular formula is C40H54O4. The van der Waals surface area contributed by atoms with Crippen LogP contribution >= 0.6 is 0 Å². The van der Waals surface area contributed by atoms with Crippen LogP contribution in [0.25, 0.3) is 0 Å². The van der Waals surface area contributed by atoms with Crippen LogP contribution in [0.4, 0.5) is 0 Å². The summed E-state index contributed by atoms with van der Waals surface area (Å²) >= 11 is 0. The molecule has 4 nitrogen and oxygen atoms in total. The molecule has 2 unspecified atom stereocenters. The SMILES string of the molecule is CC(C=CC=C(C)C=CC(O)C(C)(C)O)=CC=CC(C)=C/C=C/C=C(C)/C=C/C=C(C)/C=C/C1=C(C)C(=O)C(O)CC1(C)C. The first-order valence-electron chi connectivity index (χ1n) is 15.2. The molecule has 0 aromatic carbocycles. The van der Waals surface area contributed by atoms with E-state index in [4.69, 9.17) is 0 Å². The van der Waals surface area contributed by atoms with E-state index in [2.05, 4.69) is 52.0 Å².